The Kier molecular flexibility index (Phi) is 5.06. The van der Waals surface area contributed by atoms with Crippen molar-refractivity contribution in [3.63, 3.8) is 0 Å². The topological polar surface area (TPSA) is 55.6 Å². The first-order chi connectivity index (χ1) is 12.0. The maximum absolute atomic E-state index is 13.8. The molecule has 3 rings (SSSR count). The number of halogens is 1. The van der Waals surface area contributed by atoms with Gasteiger partial charge in [0.15, 0.2) is 17.5 Å². The van der Waals surface area contributed by atoms with Crippen LogP contribution in [0.5, 0.6) is 5.75 Å². The van der Waals surface area contributed by atoms with Crippen LogP contribution < -0.4 is 4.74 Å². The van der Waals surface area contributed by atoms with E-state index in [0.29, 0.717) is 25.4 Å². The number of para-hydroxylation sites is 1. The van der Waals surface area contributed by atoms with E-state index in [-0.39, 0.29) is 17.2 Å². The van der Waals surface area contributed by atoms with Gasteiger partial charge in [0.1, 0.15) is 11.5 Å². The molecule has 0 atom stereocenters. The number of nitrogens with zero attached hydrogens (tertiary/aromatic N) is 2. The molecule has 0 unspecified atom stereocenters. The summed E-state index contributed by atoms with van der Waals surface area (Å²) in [5.74, 6) is 1.36. The van der Waals surface area contributed by atoms with Crippen LogP contribution in [0, 0.1) is 11.7 Å². The van der Waals surface area contributed by atoms with Crippen LogP contribution in [0.1, 0.15) is 48.0 Å². The Morgan fingerprint density at radius 2 is 2.24 bits per heavy atom. The molecule has 1 aliphatic heterocycles. The van der Waals surface area contributed by atoms with Crippen molar-refractivity contribution >= 4 is 5.91 Å². The summed E-state index contributed by atoms with van der Waals surface area (Å²) in [6, 6.07) is 4.37. The van der Waals surface area contributed by atoms with Gasteiger partial charge in [-0.1, -0.05) is 19.9 Å². The quantitative estimate of drug-likeness (QED) is 0.830. The largest absolute Gasteiger partial charge is 0.493 e. The van der Waals surface area contributed by atoms with Crippen LogP contribution >= 0.6 is 0 Å². The lowest BCUT2D eigenvalue weighted by molar-refractivity contribution is 0.0723. The average Bonchev–Trinajstić information content (AvgIpc) is 3.01. The van der Waals surface area contributed by atoms with E-state index in [9.17, 15) is 9.18 Å². The summed E-state index contributed by atoms with van der Waals surface area (Å²) in [6.07, 6.45) is 2.44. The molecule has 0 spiro atoms. The van der Waals surface area contributed by atoms with E-state index in [2.05, 4.69) is 18.8 Å². The van der Waals surface area contributed by atoms with Gasteiger partial charge in [-0.2, -0.15) is 0 Å². The molecule has 0 fully saturated rings. The lowest BCUT2D eigenvalue weighted by atomic mass is 10.1. The summed E-state index contributed by atoms with van der Waals surface area (Å²) in [7, 11) is 1.36. The fourth-order valence-electron chi connectivity index (χ4n) is 3.00. The normalized spacial score (nSPS) is 13.9. The zero-order chi connectivity index (χ0) is 18.0. The summed E-state index contributed by atoms with van der Waals surface area (Å²) in [4.78, 5) is 19.0. The lowest BCUT2D eigenvalue weighted by Crippen LogP contribution is -2.36. The predicted octanol–water partition coefficient (Wildman–Crippen LogP) is 3.61. The van der Waals surface area contributed by atoms with Crippen molar-refractivity contribution in [3.05, 3.63) is 46.9 Å². The van der Waals surface area contributed by atoms with Crippen molar-refractivity contribution in [2.75, 3.05) is 13.7 Å². The van der Waals surface area contributed by atoms with Crippen molar-refractivity contribution in [1.29, 1.82) is 0 Å². The van der Waals surface area contributed by atoms with E-state index in [1.165, 1.54) is 19.2 Å². The van der Waals surface area contributed by atoms with Crippen LogP contribution in [-0.2, 0) is 19.4 Å². The molecular formula is C19H23FN2O3. The van der Waals surface area contributed by atoms with Gasteiger partial charge in [-0.05, 0) is 24.5 Å². The first kappa shape index (κ1) is 17.5. The second kappa shape index (κ2) is 7.25. The molecule has 1 aromatic carbocycles. The Bertz CT molecular complexity index is 770. The molecule has 25 heavy (non-hydrogen) atoms. The highest BCUT2D eigenvalue weighted by Gasteiger charge is 2.28. The molecule has 5 nitrogen and oxygen atoms in total. The Labute approximate surface area is 146 Å². The van der Waals surface area contributed by atoms with Crippen molar-refractivity contribution in [1.82, 2.24) is 9.88 Å². The Balaban J connectivity index is 1.76. The minimum atomic E-state index is -0.538. The van der Waals surface area contributed by atoms with Gasteiger partial charge in [-0.25, -0.2) is 9.37 Å². The van der Waals surface area contributed by atoms with Gasteiger partial charge in [0, 0.05) is 19.4 Å². The number of rotatable bonds is 5. The number of aryl methyl sites for hydroxylation is 1. The Morgan fingerprint density at radius 3 is 2.96 bits per heavy atom. The molecule has 1 amide bonds. The van der Waals surface area contributed by atoms with Crippen LogP contribution in [0.2, 0.25) is 0 Å². The minimum absolute atomic E-state index is 0.0175. The molecule has 134 valence electrons. The van der Waals surface area contributed by atoms with Crippen LogP contribution in [0.4, 0.5) is 4.39 Å². The van der Waals surface area contributed by atoms with Gasteiger partial charge >= 0.3 is 0 Å². The molecule has 6 heteroatoms. The first-order valence-electron chi connectivity index (χ1n) is 8.58. The number of amides is 1. The highest BCUT2D eigenvalue weighted by molar-refractivity contribution is 5.97. The van der Waals surface area contributed by atoms with E-state index in [1.54, 1.807) is 11.0 Å². The monoisotopic (exact) mass is 346 g/mol. The highest BCUT2D eigenvalue weighted by Crippen LogP contribution is 2.27. The number of hydrogen-bond acceptors (Lipinski definition) is 4. The summed E-state index contributed by atoms with van der Waals surface area (Å²) in [5, 5.41) is 0. The number of ether oxygens (including phenoxy) is 1. The zero-order valence-electron chi connectivity index (χ0n) is 14.8. The third-order valence-electron chi connectivity index (χ3n) is 4.40. The second-order valence-corrected chi connectivity index (χ2v) is 6.71. The molecule has 0 saturated heterocycles. The van der Waals surface area contributed by atoms with Crippen LogP contribution in [0.25, 0.3) is 0 Å². The molecule has 0 saturated carbocycles. The molecular weight excluding hydrogens is 323 g/mol. The maximum Gasteiger partial charge on any atom is 0.258 e. The summed E-state index contributed by atoms with van der Waals surface area (Å²) >= 11 is 0. The van der Waals surface area contributed by atoms with Gasteiger partial charge < -0.3 is 14.1 Å². The fraction of sp³-hybridized carbons (Fsp3) is 0.474. The van der Waals surface area contributed by atoms with Gasteiger partial charge in [0.25, 0.3) is 5.91 Å². The maximum atomic E-state index is 13.8. The molecule has 0 bridgehead atoms. The lowest BCUT2D eigenvalue weighted by Gasteiger charge is -2.26. The van der Waals surface area contributed by atoms with E-state index in [1.807, 2.05) is 0 Å². The molecule has 2 heterocycles. The third kappa shape index (κ3) is 3.67. The summed E-state index contributed by atoms with van der Waals surface area (Å²) in [6.45, 7) is 5.22. The SMILES string of the molecule is COc1c(F)cccc1C(=O)N1CCc2oc(CCC(C)C)nc2C1. The standard InChI is InChI=1S/C19H23FN2O3/c1-12(2)7-8-17-21-15-11-22(10-9-16(15)25-17)19(23)13-5-4-6-14(20)18(13)24-3/h4-6,12H,7-11H2,1-3H3. The number of carbonyl (C=O) groups is 1. The predicted molar refractivity (Wildman–Crippen MR) is 91.1 cm³/mol. The summed E-state index contributed by atoms with van der Waals surface area (Å²) in [5.41, 5.74) is 1.03. The number of carbonyl (C=O) groups excluding carboxylic acids is 1. The third-order valence-corrected chi connectivity index (χ3v) is 4.40. The van der Waals surface area contributed by atoms with Crippen molar-refractivity contribution in [2.24, 2.45) is 5.92 Å². The van der Waals surface area contributed by atoms with Crippen molar-refractivity contribution < 1.29 is 18.3 Å². The fourth-order valence-corrected chi connectivity index (χ4v) is 3.00. The van der Waals surface area contributed by atoms with Gasteiger partial charge in [-0.3, -0.25) is 4.79 Å². The van der Waals surface area contributed by atoms with E-state index >= 15 is 0 Å². The number of methoxy groups -OCH3 is 1. The van der Waals surface area contributed by atoms with Crippen molar-refractivity contribution in [2.45, 2.75) is 39.7 Å². The molecule has 1 aliphatic rings. The second-order valence-electron chi connectivity index (χ2n) is 6.71. The van der Waals surface area contributed by atoms with Crippen LogP contribution in [-0.4, -0.2) is 29.4 Å². The average molecular weight is 346 g/mol. The minimum Gasteiger partial charge on any atom is -0.493 e. The van der Waals surface area contributed by atoms with Crippen LogP contribution in [0.3, 0.4) is 0 Å². The number of hydrogen-bond donors (Lipinski definition) is 0. The molecule has 1 aromatic heterocycles. The number of oxazole rings is 1. The van der Waals surface area contributed by atoms with Gasteiger partial charge in [-0.15, -0.1) is 0 Å². The molecule has 2 aromatic rings. The first-order valence-corrected chi connectivity index (χ1v) is 8.58. The molecule has 0 N–H and O–H groups in total. The van der Waals surface area contributed by atoms with E-state index in [4.69, 9.17) is 9.15 Å². The molecule has 0 aliphatic carbocycles. The smallest absolute Gasteiger partial charge is 0.258 e. The van der Waals surface area contributed by atoms with E-state index < -0.39 is 5.82 Å². The van der Waals surface area contributed by atoms with Gasteiger partial charge in [0.05, 0.1) is 19.2 Å². The summed E-state index contributed by atoms with van der Waals surface area (Å²) < 4.78 is 24.7. The number of fused-ring (bicyclic) bond motifs is 1. The van der Waals surface area contributed by atoms with E-state index in [0.717, 1.165) is 30.2 Å². The van der Waals surface area contributed by atoms with Crippen molar-refractivity contribution in [3.8, 4) is 5.75 Å². The number of aromatic nitrogens is 1. The van der Waals surface area contributed by atoms with Gasteiger partial charge in [0.2, 0.25) is 0 Å². The van der Waals surface area contributed by atoms with Crippen LogP contribution in [0.15, 0.2) is 22.6 Å². The molecule has 0 radical (unpaired) electrons. The Morgan fingerprint density at radius 1 is 1.44 bits per heavy atom. The Hall–Kier alpha value is -2.37. The zero-order valence-corrected chi connectivity index (χ0v) is 14.8. The number of benzene rings is 1. The highest BCUT2D eigenvalue weighted by atomic mass is 19.1.